The molecule has 0 saturated carbocycles. The SMILES string of the molecule is CCN1C(=O)/C(=C/C=C2\OCCN2C)OC1=S. The van der Waals surface area contributed by atoms with Crippen LogP contribution in [0.25, 0.3) is 0 Å². The van der Waals surface area contributed by atoms with Crippen molar-refractivity contribution in [2.45, 2.75) is 6.92 Å². The van der Waals surface area contributed by atoms with Gasteiger partial charge < -0.3 is 14.4 Å². The minimum Gasteiger partial charge on any atom is -0.477 e. The predicted octanol–water partition coefficient (Wildman–Crippen LogP) is 0.837. The van der Waals surface area contributed by atoms with Crippen molar-refractivity contribution in [3.8, 4) is 0 Å². The van der Waals surface area contributed by atoms with Crippen LogP contribution in [0.1, 0.15) is 6.92 Å². The molecule has 2 aliphatic heterocycles. The average molecular weight is 254 g/mol. The molecule has 1 amide bonds. The number of carbonyl (C=O) groups excluding carboxylic acids is 1. The van der Waals surface area contributed by atoms with Gasteiger partial charge in [0.15, 0.2) is 11.6 Å². The van der Waals surface area contributed by atoms with E-state index in [1.165, 1.54) is 4.90 Å². The Bertz CT molecular complexity index is 417. The van der Waals surface area contributed by atoms with E-state index in [0.717, 1.165) is 12.4 Å². The second kappa shape index (κ2) is 4.75. The molecular formula is C11H14N2O3S. The number of allylic oxidation sites excluding steroid dienone is 2. The van der Waals surface area contributed by atoms with E-state index in [1.807, 2.05) is 18.9 Å². The van der Waals surface area contributed by atoms with Crippen molar-refractivity contribution < 1.29 is 14.3 Å². The number of hydrogen-bond donors (Lipinski definition) is 0. The molecular weight excluding hydrogens is 240 g/mol. The molecule has 0 unspecified atom stereocenters. The molecule has 17 heavy (non-hydrogen) atoms. The molecule has 0 spiro atoms. The summed E-state index contributed by atoms with van der Waals surface area (Å²) in [5, 5.41) is 0.211. The zero-order chi connectivity index (χ0) is 12.4. The summed E-state index contributed by atoms with van der Waals surface area (Å²) in [6.45, 7) is 3.88. The third-order valence-electron chi connectivity index (χ3n) is 2.62. The van der Waals surface area contributed by atoms with Crippen LogP contribution in [-0.2, 0) is 14.3 Å². The van der Waals surface area contributed by atoms with E-state index in [2.05, 4.69) is 0 Å². The molecule has 0 atom stereocenters. The van der Waals surface area contributed by atoms with Gasteiger partial charge in [0.25, 0.3) is 11.1 Å². The summed E-state index contributed by atoms with van der Waals surface area (Å²) in [6.07, 6.45) is 3.32. The van der Waals surface area contributed by atoms with Crippen molar-refractivity contribution in [3.63, 3.8) is 0 Å². The Hall–Kier alpha value is -1.56. The number of likely N-dealkylation sites (N-methyl/N-ethyl adjacent to an activating group) is 2. The molecule has 2 fully saturated rings. The molecule has 6 heteroatoms. The van der Waals surface area contributed by atoms with E-state index in [0.29, 0.717) is 13.2 Å². The van der Waals surface area contributed by atoms with Gasteiger partial charge in [0.2, 0.25) is 0 Å². The van der Waals surface area contributed by atoms with Gasteiger partial charge in [-0.15, -0.1) is 0 Å². The van der Waals surface area contributed by atoms with Crippen LogP contribution >= 0.6 is 12.2 Å². The van der Waals surface area contributed by atoms with Crippen LogP contribution in [0.4, 0.5) is 0 Å². The lowest BCUT2D eigenvalue weighted by atomic mass is 10.4. The molecule has 0 aromatic rings. The summed E-state index contributed by atoms with van der Waals surface area (Å²) in [5.74, 6) is 0.776. The minimum absolute atomic E-state index is 0.199. The molecule has 2 rings (SSSR count). The molecule has 2 aliphatic rings. The molecule has 0 bridgehead atoms. The maximum absolute atomic E-state index is 11.8. The Morgan fingerprint density at radius 1 is 1.47 bits per heavy atom. The molecule has 92 valence electrons. The van der Waals surface area contributed by atoms with Crippen LogP contribution in [0.2, 0.25) is 0 Å². The summed E-state index contributed by atoms with van der Waals surface area (Å²) in [5.41, 5.74) is 0. The quantitative estimate of drug-likeness (QED) is 0.539. The Kier molecular flexibility index (Phi) is 3.33. The first kappa shape index (κ1) is 11.9. The zero-order valence-corrected chi connectivity index (χ0v) is 10.6. The van der Waals surface area contributed by atoms with Gasteiger partial charge in [0.1, 0.15) is 6.61 Å². The second-order valence-electron chi connectivity index (χ2n) is 3.72. The monoisotopic (exact) mass is 254 g/mol. The Morgan fingerprint density at radius 2 is 2.24 bits per heavy atom. The number of ether oxygens (including phenoxy) is 2. The van der Waals surface area contributed by atoms with Crippen LogP contribution in [0.5, 0.6) is 0 Å². The molecule has 0 aliphatic carbocycles. The molecule has 0 N–H and O–H groups in total. The van der Waals surface area contributed by atoms with Gasteiger partial charge in [-0.2, -0.15) is 0 Å². The minimum atomic E-state index is -0.199. The van der Waals surface area contributed by atoms with Gasteiger partial charge in [0, 0.05) is 19.7 Å². The van der Waals surface area contributed by atoms with E-state index in [1.54, 1.807) is 12.2 Å². The molecule has 0 aromatic carbocycles. The lowest BCUT2D eigenvalue weighted by molar-refractivity contribution is -0.122. The largest absolute Gasteiger partial charge is 0.477 e. The summed E-state index contributed by atoms with van der Waals surface area (Å²) in [4.78, 5) is 15.2. The molecule has 5 nitrogen and oxygen atoms in total. The molecule has 2 heterocycles. The van der Waals surface area contributed by atoms with E-state index < -0.39 is 0 Å². The van der Waals surface area contributed by atoms with Crippen molar-refractivity contribution in [2.24, 2.45) is 0 Å². The fraction of sp³-hybridized carbons (Fsp3) is 0.455. The highest BCUT2D eigenvalue weighted by atomic mass is 32.1. The standard InChI is InChI=1S/C11H14N2O3S/c1-3-13-10(14)8(16-11(13)17)4-5-9-12(2)6-7-15-9/h4-5H,3,6-7H2,1-2H3/b8-4-,9-5-. The maximum atomic E-state index is 11.8. The Labute approximate surface area is 105 Å². The third-order valence-corrected chi connectivity index (χ3v) is 2.92. The van der Waals surface area contributed by atoms with Crippen LogP contribution in [-0.4, -0.2) is 47.6 Å². The highest BCUT2D eigenvalue weighted by Gasteiger charge is 2.31. The first-order valence-electron chi connectivity index (χ1n) is 5.43. The normalized spacial score (nSPS) is 24.8. The lowest BCUT2D eigenvalue weighted by Gasteiger charge is -2.07. The summed E-state index contributed by atoms with van der Waals surface area (Å²) in [7, 11) is 1.93. The summed E-state index contributed by atoms with van der Waals surface area (Å²) >= 11 is 4.95. The second-order valence-corrected chi connectivity index (χ2v) is 4.07. The molecule has 0 aromatic heterocycles. The van der Waals surface area contributed by atoms with Gasteiger partial charge in [0.05, 0.1) is 6.54 Å². The highest BCUT2D eigenvalue weighted by Crippen LogP contribution is 2.18. The van der Waals surface area contributed by atoms with Gasteiger partial charge in [-0.05, 0) is 25.2 Å². The number of amides is 1. The fourth-order valence-electron chi connectivity index (χ4n) is 1.62. The van der Waals surface area contributed by atoms with E-state index in [9.17, 15) is 4.79 Å². The first-order valence-corrected chi connectivity index (χ1v) is 5.84. The smallest absolute Gasteiger partial charge is 0.297 e. The van der Waals surface area contributed by atoms with E-state index in [-0.39, 0.29) is 16.8 Å². The van der Waals surface area contributed by atoms with Crippen LogP contribution in [0.3, 0.4) is 0 Å². The number of carbonyl (C=O) groups is 1. The third kappa shape index (κ3) is 2.26. The van der Waals surface area contributed by atoms with Crippen LogP contribution in [0.15, 0.2) is 23.8 Å². The Balaban J connectivity index is 2.13. The average Bonchev–Trinajstić information content (AvgIpc) is 2.81. The first-order chi connectivity index (χ1) is 8.13. The van der Waals surface area contributed by atoms with E-state index in [4.69, 9.17) is 21.7 Å². The van der Waals surface area contributed by atoms with Crippen molar-refractivity contribution in [1.29, 1.82) is 0 Å². The number of rotatable bonds is 2. The summed E-state index contributed by atoms with van der Waals surface area (Å²) < 4.78 is 10.6. The van der Waals surface area contributed by atoms with Crippen LogP contribution in [0, 0.1) is 0 Å². The number of thiocarbonyl (C=S) groups is 1. The Morgan fingerprint density at radius 3 is 2.76 bits per heavy atom. The maximum Gasteiger partial charge on any atom is 0.297 e. The lowest BCUT2D eigenvalue weighted by Crippen LogP contribution is -2.27. The topological polar surface area (TPSA) is 42.0 Å². The van der Waals surface area contributed by atoms with Crippen molar-refractivity contribution >= 4 is 23.3 Å². The molecule has 0 radical (unpaired) electrons. The van der Waals surface area contributed by atoms with Crippen LogP contribution < -0.4 is 0 Å². The predicted molar refractivity (Wildman–Crippen MR) is 65.8 cm³/mol. The fourth-order valence-corrected chi connectivity index (χ4v) is 1.92. The summed E-state index contributed by atoms with van der Waals surface area (Å²) in [6, 6.07) is 0. The van der Waals surface area contributed by atoms with Gasteiger partial charge >= 0.3 is 0 Å². The number of nitrogens with zero attached hydrogens (tertiary/aromatic N) is 2. The van der Waals surface area contributed by atoms with Gasteiger partial charge in [-0.3, -0.25) is 9.69 Å². The number of hydrogen-bond acceptors (Lipinski definition) is 5. The van der Waals surface area contributed by atoms with Gasteiger partial charge in [-0.1, -0.05) is 0 Å². The van der Waals surface area contributed by atoms with Crippen molar-refractivity contribution in [2.75, 3.05) is 26.7 Å². The van der Waals surface area contributed by atoms with Crippen molar-refractivity contribution in [1.82, 2.24) is 9.80 Å². The zero-order valence-electron chi connectivity index (χ0n) is 9.80. The van der Waals surface area contributed by atoms with Crippen molar-refractivity contribution in [3.05, 3.63) is 23.8 Å². The van der Waals surface area contributed by atoms with Gasteiger partial charge in [-0.25, -0.2) is 0 Å². The molecule has 2 saturated heterocycles. The highest BCUT2D eigenvalue weighted by molar-refractivity contribution is 7.80. The van der Waals surface area contributed by atoms with E-state index >= 15 is 0 Å².